The molecule has 1 fully saturated rings. The number of amides is 1. The van der Waals surface area contributed by atoms with E-state index in [9.17, 15) is 9.18 Å². The lowest BCUT2D eigenvalue weighted by molar-refractivity contribution is -0.139. The molecule has 1 aliphatic heterocycles. The summed E-state index contributed by atoms with van der Waals surface area (Å²) < 4.78 is 18.8. The summed E-state index contributed by atoms with van der Waals surface area (Å²) in [6, 6.07) is 14.9. The maximum absolute atomic E-state index is 13.1. The molecule has 28 heavy (non-hydrogen) atoms. The van der Waals surface area contributed by atoms with Gasteiger partial charge in [-0.15, -0.1) is 0 Å². The van der Waals surface area contributed by atoms with Crippen LogP contribution in [0.15, 0.2) is 48.5 Å². The van der Waals surface area contributed by atoms with Crippen LogP contribution in [-0.2, 0) is 17.8 Å². The standard InChI is InChI=1S/C23H29FN2O2/c1-4-19-7-11-22(12-8-19)28-16-23(27)26-14-17(2)25(13-18(26)3)15-20-5-9-21(24)10-6-20/h5-12,17-18H,4,13-16H2,1-3H3/t17-,18+/m1/s1. The molecule has 2 atom stereocenters. The number of nitrogens with zero attached hydrogens (tertiary/aromatic N) is 2. The molecule has 1 saturated heterocycles. The zero-order valence-corrected chi connectivity index (χ0v) is 16.9. The number of benzene rings is 2. The van der Waals surface area contributed by atoms with Crippen molar-refractivity contribution >= 4 is 5.91 Å². The number of aryl methyl sites for hydroxylation is 1. The van der Waals surface area contributed by atoms with Gasteiger partial charge in [0.15, 0.2) is 6.61 Å². The number of hydrogen-bond acceptors (Lipinski definition) is 3. The summed E-state index contributed by atoms with van der Waals surface area (Å²) in [4.78, 5) is 16.9. The Morgan fingerprint density at radius 1 is 1.00 bits per heavy atom. The Hall–Kier alpha value is -2.40. The number of hydrogen-bond donors (Lipinski definition) is 0. The van der Waals surface area contributed by atoms with Gasteiger partial charge in [0.05, 0.1) is 0 Å². The molecule has 150 valence electrons. The van der Waals surface area contributed by atoms with E-state index in [1.165, 1.54) is 17.7 Å². The van der Waals surface area contributed by atoms with Gasteiger partial charge in [0.25, 0.3) is 5.91 Å². The third-order valence-electron chi connectivity index (χ3n) is 5.43. The fraction of sp³-hybridized carbons (Fsp3) is 0.435. The summed E-state index contributed by atoms with van der Waals surface area (Å²) in [6.07, 6.45) is 0.983. The summed E-state index contributed by atoms with van der Waals surface area (Å²) in [7, 11) is 0. The molecule has 1 aliphatic rings. The van der Waals surface area contributed by atoms with Crippen LogP contribution in [0.4, 0.5) is 4.39 Å². The van der Waals surface area contributed by atoms with Crippen LogP contribution in [0.1, 0.15) is 31.9 Å². The summed E-state index contributed by atoms with van der Waals surface area (Å²) in [6.45, 7) is 8.57. The van der Waals surface area contributed by atoms with Gasteiger partial charge in [-0.3, -0.25) is 9.69 Å². The lowest BCUT2D eigenvalue weighted by atomic mass is 10.1. The van der Waals surface area contributed by atoms with E-state index < -0.39 is 0 Å². The first-order valence-electron chi connectivity index (χ1n) is 9.96. The lowest BCUT2D eigenvalue weighted by Gasteiger charge is -2.44. The molecule has 0 spiro atoms. The number of carbonyl (C=O) groups is 1. The average molecular weight is 384 g/mol. The van der Waals surface area contributed by atoms with E-state index in [1.807, 2.05) is 41.3 Å². The molecule has 2 aromatic rings. The molecule has 5 heteroatoms. The number of rotatable bonds is 6. The minimum Gasteiger partial charge on any atom is -0.484 e. The first kappa shape index (κ1) is 20.3. The van der Waals surface area contributed by atoms with Crippen molar-refractivity contribution in [2.45, 2.75) is 45.8 Å². The SMILES string of the molecule is CCc1ccc(OCC(=O)N2C[C@@H](C)N(Cc3ccc(F)cc3)C[C@@H]2C)cc1. The maximum atomic E-state index is 13.1. The fourth-order valence-electron chi connectivity index (χ4n) is 3.64. The topological polar surface area (TPSA) is 32.8 Å². The smallest absolute Gasteiger partial charge is 0.260 e. The van der Waals surface area contributed by atoms with Crippen LogP contribution in [0.2, 0.25) is 0 Å². The van der Waals surface area contributed by atoms with Gasteiger partial charge in [0, 0.05) is 31.7 Å². The van der Waals surface area contributed by atoms with Crippen molar-refractivity contribution in [2.75, 3.05) is 19.7 Å². The predicted molar refractivity (Wildman–Crippen MR) is 109 cm³/mol. The number of ether oxygens (including phenoxy) is 1. The van der Waals surface area contributed by atoms with Gasteiger partial charge in [0.1, 0.15) is 11.6 Å². The Kier molecular flexibility index (Phi) is 6.68. The highest BCUT2D eigenvalue weighted by Crippen LogP contribution is 2.19. The van der Waals surface area contributed by atoms with E-state index in [0.717, 1.165) is 30.8 Å². The molecule has 0 radical (unpaired) electrons. The Bertz CT molecular complexity index is 776. The fourth-order valence-corrected chi connectivity index (χ4v) is 3.64. The molecular formula is C23H29FN2O2. The molecule has 0 N–H and O–H groups in total. The van der Waals surface area contributed by atoms with Gasteiger partial charge in [-0.05, 0) is 55.7 Å². The molecule has 1 heterocycles. The second-order valence-corrected chi connectivity index (χ2v) is 7.59. The highest BCUT2D eigenvalue weighted by atomic mass is 19.1. The maximum Gasteiger partial charge on any atom is 0.260 e. The van der Waals surface area contributed by atoms with Crippen molar-refractivity contribution in [3.63, 3.8) is 0 Å². The van der Waals surface area contributed by atoms with Gasteiger partial charge in [0.2, 0.25) is 0 Å². The van der Waals surface area contributed by atoms with Gasteiger partial charge < -0.3 is 9.64 Å². The monoisotopic (exact) mass is 384 g/mol. The minimum atomic E-state index is -0.218. The molecule has 0 aromatic heterocycles. The van der Waals surface area contributed by atoms with E-state index in [0.29, 0.717) is 6.54 Å². The first-order valence-corrected chi connectivity index (χ1v) is 9.96. The molecular weight excluding hydrogens is 355 g/mol. The first-order chi connectivity index (χ1) is 13.5. The summed E-state index contributed by atoms with van der Waals surface area (Å²) in [5, 5.41) is 0. The van der Waals surface area contributed by atoms with Crippen LogP contribution in [0.5, 0.6) is 5.75 Å². The molecule has 0 unspecified atom stereocenters. The summed E-state index contributed by atoms with van der Waals surface area (Å²) >= 11 is 0. The van der Waals surface area contributed by atoms with Crippen molar-refractivity contribution < 1.29 is 13.9 Å². The predicted octanol–water partition coefficient (Wildman–Crippen LogP) is 3.89. The van der Waals surface area contributed by atoms with Crippen molar-refractivity contribution in [1.82, 2.24) is 9.80 Å². The molecule has 3 rings (SSSR count). The van der Waals surface area contributed by atoms with Crippen LogP contribution in [0, 0.1) is 5.82 Å². The van der Waals surface area contributed by atoms with Gasteiger partial charge in [-0.1, -0.05) is 31.2 Å². The second kappa shape index (κ2) is 9.20. The third-order valence-corrected chi connectivity index (χ3v) is 5.43. The number of halogens is 1. The Morgan fingerprint density at radius 3 is 2.29 bits per heavy atom. The summed E-state index contributed by atoms with van der Waals surface area (Å²) in [5.41, 5.74) is 2.33. The van der Waals surface area contributed by atoms with Crippen LogP contribution in [0.3, 0.4) is 0 Å². The van der Waals surface area contributed by atoms with Crippen LogP contribution in [-0.4, -0.2) is 47.5 Å². The summed E-state index contributed by atoms with van der Waals surface area (Å²) in [5.74, 6) is 0.520. The second-order valence-electron chi connectivity index (χ2n) is 7.59. The highest BCUT2D eigenvalue weighted by molar-refractivity contribution is 5.78. The van der Waals surface area contributed by atoms with E-state index in [2.05, 4.69) is 25.7 Å². The molecule has 2 aromatic carbocycles. The van der Waals surface area contributed by atoms with E-state index in [-0.39, 0.29) is 30.4 Å². The molecule has 0 aliphatic carbocycles. The van der Waals surface area contributed by atoms with Gasteiger partial charge in [-0.25, -0.2) is 4.39 Å². The molecule has 0 saturated carbocycles. The highest BCUT2D eigenvalue weighted by Gasteiger charge is 2.32. The Morgan fingerprint density at radius 2 is 1.64 bits per heavy atom. The van der Waals surface area contributed by atoms with Gasteiger partial charge in [-0.2, -0.15) is 0 Å². The Labute approximate surface area is 166 Å². The van der Waals surface area contributed by atoms with E-state index >= 15 is 0 Å². The quantitative estimate of drug-likeness (QED) is 0.758. The van der Waals surface area contributed by atoms with E-state index in [4.69, 9.17) is 4.74 Å². The number of piperazine rings is 1. The zero-order chi connectivity index (χ0) is 20.1. The van der Waals surface area contributed by atoms with Crippen LogP contribution < -0.4 is 4.74 Å². The Balaban J connectivity index is 1.53. The largest absolute Gasteiger partial charge is 0.484 e. The van der Waals surface area contributed by atoms with E-state index in [1.54, 1.807) is 0 Å². The van der Waals surface area contributed by atoms with Crippen LogP contribution >= 0.6 is 0 Å². The molecule has 0 bridgehead atoms. The molecule has 4 nitrogen and oxygen atoms in total. The number of carbonyl (C=O) groups excluding carboxylic acids is 1. The third kappa shape index (κ3) is 5.10. The van der Waals surface area contributed by atoms with Gasteiger partial charge >= 0.3 is 0 Å². The normalized spacial score (nSPS) is 20.2. The van der Waals surface area contributed by atoms with Crippen molar-refractivity contribution in [2.24, 2.45) is 0 Å². The van der Waals surface area contributed by atoms with Crippen molar-refractivity contribution in [3.05, 3.63) is 65.5 Å². The van der Waals surface area contributed by atoms with Crippen molar-refractivity contribution in [1.29, 1.82) is 0 Å². The average Bonchev–Trinajstić information content (AvgIpc) is 2.70. The van der Waals surface area contributed by atoms with Crippen molar-refractivity contribution in [3.8, 4) is 5.75 Å². The van der Waals surface area contributed by atoms with Crippen LogP contribution in [0.25, 0.3) is 0 Å². The lowest BCUT2D eigenvalue weighted by Crippen LogP contribution is -2.58. The molecule has 1 amide bonds. The zero-order valence-electron chi connectivity index (χ0n) is 16.9. The minimum absolute atomic E-state index is 0.0142.